The van der Waals surface area contributed by atoms with Gasteiger partial charge in [-0.05, 0) is 30.5 Å². The summed E-state index contributed by atoms with van der Waals surface area (Å²) in [5.41, 5.74) is 3.85. The minimum atomic E-state index is -0.213. The van der Waals surface area contributed by atoms with Crippen LogP contribution in [0.1, 0.15) is 45.2 Å². The van der Waals surface area contributed by atoms with Crippen molar-refractivity contribution in [2.24, 2.45) is 0 Å². The van der Waals surface area contributed by atoms with Gasteiger partial charge in [-0.15, -0.1) is 0 Å². The van der Waals surface area contributed by atoms with Gasteiger partial charge in [0.05, 0.1) is 5.69 Å². The molecule has 27 heavy (non-hydrogen) atoms. The summed E-state index contributed by atoms with van der Waals surface area (Å²) in [5.74, 6) is 0.901. The zero-order valence-corrected chi connectivity index (χ0v) is 15.0. The van der Waals surface area contributed by atoms with Crippen LogP contribution in [0.25, 0.3) is 10.9 Å². The van der Waals surface area contributed by atoms with Gasteiger partial charge in [-0.3, -0.25) is 9.59 Å². The Morgan fingerprint density at radius 3 is 3.04 bits per heavy atom. The molecule has 5 rings (SSSR count). The summed E-state index contributed by atoms with van der Waals surface area (Å²) in [6.45, 7) is 2.59. The number of carbonyl (C=O) groups excluding carboxylic acids is 2. The van der Waals surface area contributed by atoms with Crippen LogP contribution < -0.4 is 10.6 Å². The zero-order chi connectivity index (χ0) is 18.4. The molecule has 1 aromatic carbocycles. The number of aromatic amines is 1. The molecule has 138 valence electrons. The molecule has 3 aromatic rings. The zero-order valence-electron chi connectivity index (χ0n) is 15.0. The molecule has 3 N–H and O–H groups in total. The monoisotopic (exact) mass is 363 g/mol. The highest BCUT2D eigenvalue weighted by molar-refractivity contribution is 6.06. The summed E-state index contributed by atoms with van der Waals surface area (Å²) in [6.07, 6.45) is 5.06. The fourth-order valence-corrected chi connectivity index (χ4v) is 4.06. The van der Waals surface area contributed by atoms with Gasteiger partial charge in [0.25, 0.3) is 5.91 Å². The van der Waals surface area contributed by atoms with E-state index in [1.807, 2.05) is 29.0 Å². The van der Waals surface area contributed by atoms with Crippen LogP contribution in [0.2, 0.25) is 0 Å². The molecule has 0 unspecified atom stereocenters. The summed E-state index contributed by atoms with van der Waals surface area (Å²) in [6, 6.07) is 5.76. The molecule has 0 bridgehead atoms. The third kappa shape index (κ3) is 2.84. The van der Waals surface area contributed by atoms with E-state index in [1.165, 1.54) is 0 Å². The fourth-order valence-electron chi connectivity index (χ4n) is 4.06. The molecular formula is C20H21N5O2. The molecule has 1 aliphatic carbocycles. The molecule has 3 heterocycles. The first kappa shape index (κ1) is 16.3. The Balaban J connectivity index is 1.41. The lowest BCUT2D eigenvalue weighted by atomic mass is 9.95. The number of Topliss-reactive ketones (excluding diaryl/α,β-unsaturated/α-hetero) is 1. The van der Waals surface area contributed by atoms with Crippen LogP contribution in [0.3, 0.4) is 0 Å². The standard InChI is InChI=1S/C20H21N5O2/c26-17-3-1-2-14-13-5-4-12(10-15(13)24-19(14)17)22-20(27)16-11-25-9-8-21-7-6-18(25)23-16/h4-5,10-11,21,24H,1-3,6-9H2,(H,22,27). The molecule has 0 saturated heterocycles. The van der Waals surface area contributed by atoms with Crippen molar-refractivity contribution in [1.29, 1.82) is 0 Å². The number of anilines is 1. The van der Waals surface area contributed by atoms with Crippen LogP contribution in [0.5, 0.6) is 0 Å². The van der Waals surface area contributed by atoms with E-state index in [0.29, 0.717) is 17.8 Å². The molecule has 1 amide bonds. The largest absolute Gasteiger partial charge is 0.352 e. The van der Waals surface area contributed by atoms with Gasteiger partial charge in [0.1, 0.15) is 11.5 Å². The first-order valence-electron chi connectivity index (χ1n) is 9.45. The van der Waals surface area contributed by atoms with E-state index in [0.717, 1.165) is 66.9 Å². The van der Waals surface area contributed by atoms with Gasteiger partial charge < -0.3 is 20.2 Å². The van der Waals surface area contributed by atoms with Crippen molar-refractivity contribution in [3.63, 3.8) is 0 Å². The van der Waals surface area contributed by atoms with Gasteiger partial charge in [-0.1, -0.05) is 6.07 Å². The fraction of sp³-hybridized carbons (Fsp3) is 0.350. The van der Waals surface area contributed by atoms with Gasteiger partial charge in [0, 0.05) is 55.3 Å². The predicted octanol–water partition coefficient (Wildman–Crippen LogP) is 2.28. The van der Waals surface area contributed by atoms with Crippen molar-refractivity contribution >= 4 is 28.3 Å². The summed E-state index contributed by atoms with van der Waals surface area (Å²) in [7, 11) is 0. The lowest BCUT2D eigenvalue weighted by Crippen LogP contribution is -2.18. The number of nitrogens with zero attached hydrogens (tertiary/aromatic N) is 2. The molecule has 0 atom stereocenters. The summed E-state index contributed by atoms with van der Waals surface area (Å²) >= 11 is 0. The normalized spacial score (nSPS) is 16.7. The molecule has 0 radical (unpaired) electrons. The van der Waals surface area contributed by atoms with Gasteiger partial charge in [0.2, 0.25) is 0 Å². The number of amides is 1. The number of aryl methyl sites for hydroxylation is 1. The topological polar surface area (TPSA) is 91.8 Å². The quantitative estimate of drug-likeness (QED) is 0.651. The van der Waals surface area contributed by atoms with E-state index in [1.54, 1.807) is 0 Å². The number of imidazole rings is 1. The summed E-state index contributed by atoms with van der Waals surface area (Å²) in [4.78, 5) is 32.5. The van der Waals surface area contributed by atoms with E-state index < -0.39 is 0 Å². The van der Waals surface area contributed by atoms with Crippen molar-refractivity contribution < 1.29 is 9.59 Å². The van der Waals surface area contributed by atoms with Gasteiger partial charge in [-0.25, -0.2) is 4.98 Å². The highest BCUT2D eigenvalue weighted by Crippen LogP contribution is 2.30. The van der Waals surface area contributed by atoms with Crippen LogP contribution >= 0.6 is 0 Å². The summed E-state index contributed by atoms with van der Waals surface area (Å²) < 4.78 is 2.04. The van der Waals surface area contributed by atoms with E-state index in [4.69, 9.17) is 0 Å². The Bertz CT molecular complexity index is 1040. The van der Waals surface area contributed by atoms with E-state index in [2.05, 4.69) is 20.6 Å². The molecule has 0 fully saturated rings. The molecule has 2 aromatic heterocycles. The van der Waals surface area contributed by atoms with E-state index >= 15 is 0 Å². The van der Waals surface area contributed by atoms with Crippen LogP contribution in [0.15, 0.2) is 24.4 Å². The molecule has 7 nitrogen and oxygen atoms in total. The van der Waals surface area contributed by atoms with Gasteiger partial charge >= 0.3 is 0 Å². The van der Waals surface area contributed by atoms with Crippen molar-refractivity contribution in [2.75, 3.05) is 18.4 Å². The van der Waals surface area contributed by atoms with Crippen molar-refractivity contribution in [1.82, 2.24) is 19.9 Å². The van der Waals surface area contributed by atoms with Gasteiger partial charge in [0.15, 0.2) is 5.78 Å². The number of H-pyrrole nitrogens is 1. The number of carbonyl (C=O) groups is 2. The average Bonchev–Trinajstić information content (AvgIpc) is 3.17. The Morgan fingerprint density at radius 2 is 2.11 bits per heavy atom. The average molecular weight is 363 g/mol. The predicted molar refractivity (Wildman–Crippen MR) is 102 cm³/mol. The third-order valence-corrected chi connectivity index (χ3v) is 5.42. The third-order valence-electron chi connectivity index (χ3n) is 5.42. The molecule has 7 heteroatoms. The van der Waals surface area contributed by atoms with E-state index in [-0.39, 0.29) is 11.7 Å². The van der Waals surface area contributed by atoms with Crippen molar-refractivity contribution in [2.45, 2.75) is 32.2 Å². The minimum Gasteiger partial charge on any atom is -0.352 e. The number of hydrogen-bond acceptors (Lipinski definition) is 4. The lowest BCUT2D eigenvalue weighted by molar-refractivity contribution is 0.0967. The van der Waals surface area contributed by atoms with Crippen molar-refractivity contribution in [3.8, 4) is 0 Å². The number of benzene rings is 1. The second-order valence-corrected chi connectivity index (χ2v) is 7.21. The maximum Gasteiger partial charge on any atom is 0.275 e. The first-order chi connectivity index (χ1) is 13.2. The number of fused-ring (bicyclic) bond motifs is 4. The smallest absolute Gasteiger partial charge is 0.275 e. The van der Waals surface area contributed by atoms with Crippen LogP contribution in [-0.2, 0) is 19.4 Å². The maximum atomic E-state index is 12.6. The molecule has 1 aliphatic heterocycles. The number of hydrogen-bond donors (Lipinski definition) is 3. The SMILES string of the molecule is O=C(Nc1ccc2c3c([nH]c2c1)C(=O)CCC3)c1cn2c(n1)CCNCC2. The molecule has 0 saturated carbocycles. The van der Waals surface area contributed by atoms with Crippen molar-refractivity contribution in [3.05, 3.63) is 47.2 Å². The number of nitrogens with one attached hydrogen (secondary N) is 3. The highest BCUT2D eigenvalue weighted by Gasteiger charge is 2.22. The number of ketones is 1. The Morgan fingerprint density at radius 1 is 1.19 bits per heavy atom. The second-order valence-electron chi connectivity index (χ2n) is 7.21. The van der Waals surface area contributed by atoms with E-state index in [9.17, 15) is 9.59 Å². The first-order valence-corrected chi connectivity index (χ1v) is 9.45. The number of aromatic nitrogens is 3. The highest BCUT2D eigenvalue weighted by atomic mass is 16.2. The Labute approximate surface area is 156 Å². The van der Waals surface area contributed by atoms with Crippen LogP contribution in [-0.4, -0.2) is 39.3 Å². The molecule has 0 spiro atoms. The Hall–Kier alpha value is -2.93. The van der Waals surface area contributed by atoms with Gasteiger partial charge in [-0.2, -0.15) is 0 Å². The number of rotatable bonds is 2. The minimum absolute atomic E-state index is 0.173. The second kappa shape index (κ2) is 6.35. The summed E-state index contributed by atoms with van der Waals surface area (Å²) in [5, 5.41) is 7.32. The molecular weight excluding hydrogens is 342 g/mol. The van der Waals surface area contributed by atoms with Crippen LogP contribution in [0.4, 0.5) is 5.69 Å². The van der Waals surface area contributed by atoms with Crippen LogP contribution in [0, 0.1) is 0 Å². The molecule has 2 aliphatic rings. The lowest BCUT2D eigenvalue weighted by Gasteiger charge is -2.09. The maximum absolute atomic E-state index is 12.6. The Kier molecular flexibility index (Phi) is 3.82.